The molecule has 0 aliphatic heterocycles. The fraction of sp³-hybridized carbons (Fsp3) is 0.0175. The lowest BCUT2D eigenvalue weighted by Crippen LogP contribution is -2.28. The number of nitrogens with zero attached hydrogens (tertiary/aromatic N) is 2. The molecule has 0 amide bonds. The smallest absolute Gasteiger partial charge is 0.0714 e. The second-order valence-electron chi connectivity index (χ2n) is 15.7. The number of fused-ring (bicyclic) bond motifs is 9. The summed E-state index contributed by atoms with van der Waals surface area (Å²) in [5.74, 6) is 0. The molecule has 2 nitrogen and oxygen atoms in total. The summed E-state index contributed by atoms with van der Waals surface area (Å²) in [6, 6.07) is 84.9. The third kappa shape index (κ3) is 5.00. The number of anilines is 3. The van der Waals surface area contributed by atoms with Gasteiger partial charge in [0.05, 0.1) is 22.0 Å². The zero-order valence-electron chi connectivity index (χ0n) is 32.3. The second-order valence-corrected chi connectivity index (χ2v) is 15.7. The van der Waals surface area contributed by atoms with Crippen LogP contribution in [0.2, 0.25) is 0 Å². The molecule has 0 atom stereocenters. The van der Waals surface area contributed by atoms with Crippen LogP contribution in [0.1, 0.15) is 22.3 Å². The van der Waals surface area contributed by atoms with Crippen molar-refractivity contribution in [3.63, 3.8) is 0 Å². The molecule has 12 rings (SSSR count). The monoisotopic (exact) mass is 750 g/mol. The van der Waals surface area contributed by atoms with Crippen LogP contribution in [0, 0.1) is 0 Å². The zero-order chi connectivity index (χ0) is 38.9. The highest BCUT2D eigenvalue weighted by Crippen LogP contribution is 2.57. The molecule has 1 aliphatic carbocycles. The van der Waals surface area contributed by atoms with Crippen molar-refractivity contribution in [2.24, 2.45) is 0 Å². The average molecular weight is 751 g/mol. The molecule has 1 aliphatic rings. The first kappa shape index (κ1) is 33.5. The SMILES string of the molecule is c1ccc(-c2c3ccccc3n3c2ccc2cc(N(c4ccc5c(c4)C(c4ccccc4)(c4ccccc4)c4ccccc4-5)c4ccc5ccccc5c4)ccc23)cc1. The minimum absolute atomic E-state index is 0.500. The van der Waals surface area contributed by atoms with Crippen LogP contribution in [0.5, 0.6) is 0 Å². The van der Waals surface area contributed by atoms with Crippen molar-refractivity contribution in [2.45, 2.75) is 5.41 Å². The van der Waals surface area contributed by atoms with Crippen molar-refractivity contribution < 1.29 is 0 Å². The van der Waals surface area contributed by atoms with Crippen LogP contribution in [-0.4, -0.2) is 4.40 Å². The van der Waals surface area contributed by atoms with Crippen LogP contribution in [-0.2, 0) is 5.41 Å². The van der Waals surface area contributed by atoms with Gasteiger partial charge in [0.1, 0.15) is 0 Å². The first-order valence-electron chi connectivity index (χ1n) is 20.4. The van der Waals surface area contributed by atoms with E-state index in [1.807, 2.05) is 0 Å². The minimum atomic E-state index is -0.500. The Bertz CT molecular complexity index is 3340. The number of aromatic nitrogens is 1. The Morgan fingerprint density at radius 3 is 1.66 bits per heavy atom. The summed E-state index contributed by atoms with van der Waals surface area (Å²) >= 11 is 0. The van der Waals surface area contributed by atoms with Gasteiger partial charge in [-0.3, -0.25) is 0 Å². The molecule has 2 heterocycles. The predicted molar refractivity (Wildman–Crippen MR) is 247 cm³/mol. The van der Waals surface area contributed by atoms with Crippen molar-refractivity contribution in [2.75, 3.05) is 4.90 Å². The fourth-order valence-electron chi connectivity index (χ4n) is 10.1. The van der Waals surface area contributed by atoms with Crippen molar-refractivity contribution in [3.05, 3.63) is 253 Å². The molecule has 0 saturated heterocycles. The molecule has 0 bridgehead atoms. The Kier molecular flexibility index (Phi) is 7.48. The quantitative estimate of drug-likeness (QED) is 0.164. The molecule has 0 saturated carbocycles. The van der Waals surface area contributed by atoms with Gasteiger partial charge in [0.2, 0.25) is 0 Å². The van der Waals surface area contributed by atoms with Crippen molar-refractivity contribution in [3.8, 4) is 22.3 Å². The Labute approximate surface area is 343 Å². The Morgan fingerprint density at radius 2 is 0.881 bits per heavy atom. The molecule has 0 N–H and O–H groups in total. The maximum atomic E-state index is 2.46. The van der Waals surface area contributed by atoms with Gasteiger partial charge in [-0.1, -0.05) is 176 Å². The third-order valence-corrected chi connectivity index (χ3v) is 12.6. The normalized spacial score (nSPS) is 12.9. The number of hydrogen-bond donors (Lipinski definition) is 0. The molecule has 0 unspecified atom stereocenters. The van der Waals surface area contributed by atoms with Crippen molar-refractivity contribution in [1.82, 2.24) is 4.40 Å². The van der Waals surface area contributed by atoms with E-state index in [1.165, 1.54) is 82.6 Å². The highest BCUT2D eigenvalue weighted by Gasteiger charge is 2.46. The molecule has 276 valence electrons. The van der Waals surface area contributed by atoms with Gasteiger partial charge in [0, 0.05) is 33.4 Å². The van der Waals surface area contributed by atoms with Crippen LogP contribution < -0.4 is 4.90 Å². The average Bonchev–Trinajstić information content (AvgIpc) is 3.81. The Balaban J connectivity index is 1.11. The first-order valence-corrected chi connectivity index (χ1v) is 20.4. The summed E-state index contributed by atoms with van der Waals surface area (Å²) in [6.07, 6.45) is 0. The van der Waals surface area contributed by atoms with E-state index in [0.29, 0.717) is 0 Å². The molecule has 59 heavy (non-hydrogen) atoms. The maximum Gasteiger partial charge on any atom is 0.0714 e. The van der Waals surface area contributed by atoms with Crippen LogP contribution in [0.15, 0.2) is 231 Å². The van der Waals surface area contributed by atoms with Crippen LogP contribution in [0.3, 0.4) is 0 Å². The topological polar surface area (TPSA) is 7.65 Å². The summed E-state index contributed by atoms with van der Waals surface area (Å²) in [7, 11) is 0. The van der Waals surface area contributed by atoms with E-state index in [0.717, 1.165) is 17.1 Å². The molecule has 0 fully saturated rings. The van der Waals surface area contributed by atoms with E-state index in [2.05, 4.69) is 240 Å². The molecule has 2 aromatic heterocycles. The van der Waals surface area contributed by atoms with Crippen LogP contribution in [0.25, 0.3) is 60.3 Å². The Morgan fingerprint density at radius 1 is 0.339 bits per heavy atom. The third-order valence-electron chi connectivity index (χ3n) is 12.6. The van der Waals surface area contributed by atoms with E-state index in [-0.39, 0.29) is 0 Å². The molecule has 9 aromatic carbocycles. The van der Waals surface area contributed by atoms with Crippen LogP contribution >= 0.6 is 0 Å². The lowest BCUT2D eigenvalue weighted by molar-refractivity contribution is 0.768. The van der Waals surface area contributed by atoms with E-state index in [4.69, 9.17) is 0 Å². The van der Waals surface area contributed by atoms with Gasteiger partial charge in [0.15, 0.2) is 0 Å². The Hall–Kier alpha value is -7.68. The summed E-state index contributed by atoms with van der Waals surface area (Å²) < 4.78 is 2.44. The van der Waals surface area contributed by atoms with Gasteiger partial charge in [-0.2, -0.15) is 0 Å². The zero-order valence-corrected chi connectivity index (χ0v) is 32.3. The van der Waals surface area contributed by atoms with Gasteiger partial charge < -0.3 is 9.30 Å². The number of hydrogen-bond acceptors (Lipinski definition) is 1. The van der Waals surface area contributed by atoms with Crippen molar-refractivity contribution >= 4 is 55.2 Å². The summed E-state index contributed by atoms with van der Waals surface area (Å²) in [5.41, 5.74) is 16.6. The predicted octanol–water partition coefficient (Wildman–Crippen LogP) is 14.9. The van der Waals surface area contributed by atoms with E-state index in [9.17, 15) is 0 Å². The number of para-hydroxylation sites is 1. The molecule has 11 aromatic rings. The van der Waals surface area contributed by atoms with Gasteiger partial charge in [-0.15, -0.1) is 0 Å². The highest BCUT2D eigenvalue weighted by atomic mass is 15.1. The van der Waals surface area contributed by atoms with Gasteiger partial charge in [0.25, 0.3) is 0 Å². The molecular weight excluding hydrogens is 713 g/mol. The first-order chi connectivity index (χ1) is 29.3. The lowest BCUT2D eigenvalue weighted by Gasteiger charge is -2.35. The summed E-state index contributed by atoms with van der Waals surface area (Å²) in [6.45, 7) is 0. The largest absolute Gasteiger partial charge is 0.310 e. The highest BCUT2D eigenvalue weighted by molar-refractivity contribution is 6.09. The summed E-state index contributed by atoms with van der Waals surface area (Å²) in [5, 5.41) is 4.87. The van der Waals surface area contributed by atoms with Crippen molar-refractivity contribution in [1.29, 1.82) is 0 Å². The van der Waals surface area contributed by atoms with E-state index < -0.39 is 5.41 Å². The van der Waals surface area contributed by atoms with Crippen LogP contribution in [0.4, 0.5) is 17.1 Å². The number of pyridine rings is 1. The minimum Gasteiger partial charge on any atom is -0.310 e. The summed E-state index contributed by atoms with van der Waals surface area (Å²) in [4.78, 5) is 2.45. The number of benzene rings is 9. The molecule has 0 radical (unpaired) electrons. The maximum absolute atomic E-state index is 2.46. The van der Waals surface area contributed by atoms with Gasteiger partial charge >= 0.3 is 0 Å². The molecule has 0 spiro atoms. The van der Waals surface area contributed by atoms with Gasteiger partial charge in [-0.05, 0) is 104 Å². The standard InChI is InChI=1S/C57H38N2/c1-4-17-40(18-5-1)56-50-25-13-15-27-54(50)59-53-35-32-46(37-42(53)29-34-55(56)59)58(45-30-28-39-16-10-11-19-41(39)36-45)47-31-33-49-48-24-12-14-26-51(48)57(52(49)38-47,43-20-6-2-7-21-43)44-22-8-3-9-23-44/h1-38H. The molecular formula is C57H38N2. The number of rotatable bonds is 6. The molecule has 2 heteroatoms. The van der Waals surface area contributed by atoms with Gasteiger partial charge in [-0.25, -0.2) is 0 Å². The second kappa shape index (κ2) is 13.2. The fourth-order valence-corrected chi connectivity index (χ4v) is 10.1. The lowest BCUT2D eigenvalue weighted by atomic mass is 9.67. The van der Waals surface area contributed by atoms with E-state index >= 15 is 0 Å². The van der Waals surface area contributed by atoms with E-state index in [1.54, 1.807) is 0 Å².